The summed E-state index contributed by atoms with van der Waals surface area (Å²) < 4.78 is 18.1. The highest BCUT2D eigenvalue weighted by Crippen LogP contribution is 2.37. The molecule has 31 heavy (non-hydrogen) atoms. The number of nitrogens with zero attached hydrogens (tertiary/aromatic N) is 3. The standard InChI is InChI=1S/C21H16BrN3O5S/c1-11(26)30-18-14(22)8-12(9-16(18)29-3)10-17-20(27)25-21(31-17)23-19(24-25)13-6-4-5-7-15(13)28-2/h4-10H,1-3H3. The molecule has 0 saturated carbocycles. The molecule has 4 rings (SSSR count). The van der Waals surface area contributed by atoms with E-state index in [2.05, 4.69) is 26.0 Å². The van der Waals surface area contributed by atoms with Crippen LogP contribution >= 0.6 is 27.3 Å². The molecule has 0 aliphatic rings. The number of hydrogen-bond acceptors (Lipinski definition) is 8. The van der Waals surface area contributed by atoms with E-state index in [9.17, 15) is 9.59 Å². The molecule has 8 nitrogen and oxygen atoms in total. The van der Waals surface area contributed by atoms with Crippen LogP contribution in [0.15, 0.2) is 45.7 Å². The first-order valence-corrected chi connectivity index (χ1v) is 10.6. The monoisotopic (exact) mass is 501 g/mol. The second-order valence-electron chi connectivity index (χ2n) is 6.37. The van der Waals surface area contributed by atoms with Gasteiger partial charge in [-0.15, -0.1) is 5.10 Å². The van der Waals surface area contributed by atoms with Gasteiger partial charge in [0.05, 0.1) is 28.8 Å². The Hall–Kier alpha value is -3.24. The third-order valence-corrected chi connectivity index (χ3v) is 5.87. The molecule has 0 spiro atoms. The van der Waals surface area contributed by atoms with Gasteiger partial charge < -0.3 is 14.2 Å². The van der Waals surface area contributed by atoms with Crippen LogP contribution in [-0.4, -0.2) is 34.8 Å². The summed E-state index contributed by atoms with van der Waals surface area (Å²) in [6, 6.07) is 10.8. The van der Waals surface area contributed by atoms with Crippen molar-refractivity contribution in [3.63, 3.8) is 0 Å². The summed E-state index contributed by atoms with van der Waals surface area (Å²) in [7, 11) is 3.04. The van der Waals surface area contributed by atoms with Crippen molar-refractivity contribution >= 4 is 44.3 Å². The summed E-state index contributed by atoms with van der Waals surface area (Å²) in [4.78, 5) is 29.2. The molecule has 0 aliphatic carbocycles. The zero-order valence-electron chi connectivity index (χ0n) is 16.7. The van der Waals surface area contributed by atoms with Crippen molar-refractivity contribution in [2.24, 2.45) is 0 Å². The van der Waals surface area contributed by atoms with E-state index in [-0.39, 0.29) is 11.3 Å². The smallest absolute Gasteiger partial charge is 0.308 e. The topological polar surface area (TPSA) is 92.0 Å². The largest absolute Gasteiger partial charge is 0.496 e. The van der Waals surface area contributed by atoms with Crippen molar-refractivity contribution in [1.82, 2.24) is 14.6 Å². The highest BCUT2D eigenvalue weighted by atomic mass is 79.9. The average Bonchev–Trinajstić information content (AvgIpc) is 3.29. The third kappa shape index (κ3) is 4.04. The van der Waals surface area contributed by atoms with E-state index in [0.717, 1.165) is 0 Å². The fourth-order valence-electron chi connectivity index (χ4n) is 2.99. The number of fused-ring (bicyclic) bond motifs is 1. The Balaban J connectivity index is 1.78. The minimum absolute atomic E-state index is 0.276. The van der Waals surface area contributed by atoms with Crippen LogP contribution in [0.1, 0.15) is 12.5 Å². The summed E-state index contributed by atoms with van der Waals surface area (Å²) in [5, 5.41) is 4.36. The van der Waals surface area contributed by atoms with Gasteiger partial charge >= 0.3 is 5.97 Å². The Labute approximate surface area is 188 Å². The quantitative estimate of drug-likeness (QED) is 0.306. The second-order valence-corrected chi connectivity index (χ2v) is 8.24. The predicted molar refractivity (Wildman–Crippen MR) is 120 cm³/mol. The molecular formula is C21H16BrN3O5S. The summed E-state index contributed by atoms with van der Waals surface area (Å²) in [5.41, 5.74) is 1.11. The number of rotatable bonds is 5. The van der Waals surface area contributed by atoms with Crippen LogP contribution in [0.3, 0.4) is 0 Å². The molecule has 0 saturated heterocycles. The number of esters is 1. The van der Waals surface area contributed by atoms with Gasteiger partial charge in [0.2, 0.25) is 4.96 Å². The van der Waals surface area contributed by atoms with Gasteiger partial charge in [-0.25, -0.2) is 0 Å². The molecule has 158 valence electrons. The van der Waals surface area contributed by atoms with E-state index < -0.39 is 5.97 Å². The molecule has 4 aromatic rings. The number of thiazole rings is 1. The number of aromatic nitrogens is 3. The number of para-hydroxylation sites is 1. The number of halogens is 1. The van der Waals surface area contributed by atoms with E-state index in [1.54, 1.807) is 25.3 Å². The normalized spacial score (nSPS) is 11.7. The van der Waals surface area contributed by atoms with E-state index in [4.69, 9.17) is 14.2 Å². The van der Waals surface area contributed by atoms with Crippen molar-refractivity contribution in [1.29, 1.82) is 0 Å². The first-order chi connectivity index (χ1) is 14.9. The minimum Gasteiger partial charge on any atom is -0.496 e. The van der Waals surface area contributed by atoms with Gasteiger partial charge in [-0.1, -0.05) is 23.5 Å². The zero-order chi connectivity index (χ0) is 22.1. The molecule has 0 N–H and O–H groups in total. The fourth-order valence-corrected chi connectivity index (χ4v) is 4.44. The Kier molecular flexibility index (Phi) is 5.75. The number of carbonyl (C=O) groups excluding carboxylic acids is 1. The Bertz CT molecular complexity index is 1410. The molecule has 0 aliphatic heterocycles. The molecule has 0 atom stereocenters. The number of methoxy groups -OCH3 is 2. The van der Waals surface area contributed by atoms with Gasteiger partial charge in [-0.2, -0.15) is 9.50 Å². The lowest BCUT2D eigenvalue weighted by Gasteiger charge is -2.10. The highest BCUT2D eigenvalue weighted by molar-refractivity contribution is 9.10. The summed E-state index contributed by atoms with van der Waals surface area (Å²) in [6.07, 6.45) is 1.71. The SMILES string of the molecule is COc1ccccc1-c1nc2sc(=Cc3cc(Br)c(OC(C)=O)c(OC)c3)c(=O)n2n1. The summed E-state index contributed by atoms with van der Waals surface area (Å²) in [6.45, 7) is 1.31. The van der Waals surface area contributed by atoms with Crippen LogP contribution in [0.5, 0.6) is 17.2 Å². The molecular weight excluding hydrogens is 486 g/mol. The van der Waals surface area contributed by atoms with Gasteiger partial charge in [0, 0.05) is 6.92 Å². The Morgan fingerprint density at radius 1 is 1.16 bits per heavy atom. The molecule has 2 heterocycles. The molecule has 0 unspecified atom stereocenters. The van der Waals surface area contributed by atoms with Crippen LogP contribution in [0.2, 0.25) is 0 Å². The lowest BCUT2D eigenvalue weighted by Crippen LogP contribution is -2.23. The number of ether oxygens (including phenoxy) is 3. The van der Waals surface area contributed by atoms with Crippen LogP contribution < -0.4 is 24.3 Å². The van der Waals surface area contributed by atoms with Crippen molar-refractivity contribution < 1.29 is 19.0 Å². The van der Waals surface area contributed by atoms with E-state index in [1.807, 2.05) is 24.3 Å². The van der Waals surface area contributed by atoms with Crippen LogP contribution in [0, 0.1) is 0 Å². The summed E-state index contributed by atoms with van der Waals surface area (Å²) in [5.74, 6) is 1.22. The lowest BCUT2D eigenvalue weighted by atomic mass is 10.2. The van der Waals surface area contributed by atoms with Crippen molar-refractivity contribution in [3.05, 3.63) is 61.3 Å². The molecule has 2 aromatic carbocycles. The van der Waals surface area contributed by atoms with Crippen molar-refractivity contribution in [3.8, 4) is 28.6 Å². The van der Waals surface area contributed by atoms with Crippen molar-refractivity contribution in [2.75, 3.05) is 14.2 Å². The molecule has 0 radical (unpaired) electrons. The maximum absolute atomic E-state index is 12.9. The number of hydrogen-bond donors (Lipinski definition) is 0. The molecule has 0 amide bonds. The van der Waals surface area contributed by atoms with E-state index >= 15 is 0 Å². The molecule has 0 fully saturated rings. The first kappa shape index (κ1) is 21.0. The van der Waals surface area contributed by atoms with E-state index in [1.165, 1.54) is 29.9 Å². The average molecular weight is 502 g/mol. The zero-order valence-corrected chi connectivity index (χ0v) is 19.1. The van der Waals surface area contributed by atoms with Gasteiger partial charge in [0.15, 0.2) is 17.3 Å². The fraction of sp³-hybridized carbons (Fsp3) is 0.143. The molecule has 0 bridgehead atoms. The number of benzene rings is 2. The molecule has 10 heteroatoms. The molecule has 2 aromatic heterocycles. The Morgan fingerprint density at radius 3 is 2.58 bits per heavy atom. The predicted octanol–water partition coefficient (Wildman–Crippen LogP) is 3.07. The van der Waals surface area contributed by atoms with Gasteiger partial charge in [-0.05, 0) is 51.8 Å². The van der Waals surface area contributed by atoms with Crippen LogP contribution in [0.25, 0.3) is 22.4 Å². The number of carbonyl (C=O) groups is 1. The maximum atomic E-state index is 12.9. The third-order valence-electron chi connectivity index (χ3n) is 4.33. The van der Waals surface area contributed by atoms with E-state index in [0.29, 0.717) is 42.4 Å². The highest BCUT2D eigenvalue weighted by Gasteiger charge is 2.16. The van der Waals surface area contributed by atoms with Crippen LogP contribution in [-0.2, 0) is 4.79 Å². The van der Waals surface area contributed by atoms with Crippen LogP contribution in [0.4, 0.5) is 0 Å². The maximum Gasteiger partial charge on any atom is 0.308 e. The van der Waals surface area contributed by atoms with Gasteiger partial charge in [0.25, 0.3) is 5.56 Å². The second kappa shape index (κ2) is 8.48. The lowest BCUT2D eigenvalue weighted by molar-refractivity contribution is -0.132. The minimum atomic E-state index is -0.464. The first-order valence-electron chi connectivity index (χ1n) is 9.02. The van der Waals surface area contributed by atoms with Gasteiger partial charge in [0.1, 0.15) is 5.75 Å². The van der Waals surface area contributed by atoms with Crippen molar-refractivity contribution in [2.45, 2.75) is 6.92 Å². The van der Waals surface area contributed by atoms with Gasteiger partial charge in [-0.3, -0.25) is 9.59 Å². The Morgan fingerprint density at radius 2 is 1.90 bits per heavy atom. The summed E-state index contributed by atoms with van der Waals surface area (Å²) >= 11 is 4.60.